The van der Waals surface area contributed by atoms with E-state index in [1.165, 1.54) is 25.3 Å². The van der Waals surface area contributed by atoms with Crippen LogP contribution < -0.4 is 15.2 Å². The third kappa shape index (κ3) is 3.51. The molecule has 0 spiro atoms. The van der Waals surface area contributed by atoms with Crippen LogP contribution in [0.15, 0.2) is 42.5 Å². The Labute approximate surface area is 126 Å². The molecule has 2 aromatic rings. The predicted octanol–water partition coefficient (Wildman–Crippen LogP) is 2.28. The van der Waals surface area contributed by atoms with Gasteiger partial charge >= 0.3 is 0 Å². The molecule has 2 aromatic carbocycles. The van der Waals surface area contributed by atoms with Crippen molar-refractivity contribution in [2.45, 2.75) is 6.61 Å². The number of carbonyl (C=O) groups excluding carboxylic acids is 1. The van der Waals surface area contributed by atoms with Gasteiger partial charge in [0.1, 0.15) is 18.1 Å². The number of benzene rings is 2. The van der Waals surface area contributed by atoms with Crippen LogP contribution in [0.5, 0.6) is 11.5 Å². The maximum Gasteiger partial charge on any atom is 0.269 e. The summed E-state index contributed by atoms with van der Waals surface area (Å²) in [6.07, 6.45) is 0. The van der Waals surface area contributed by atoms with Crippen LogP contribution in [0, 0.1) is 10.1 Å². The zero-order valence-electron chi connectivity index (χ0n) is 11.8. The van der Waals surface area contributed by atoms with Gasteiger partial charge in [-0.3, -0.25) is 14.9 Å². The van der Waals surface area contributed by atoms with Gasteiger partial charge in [0.05, 0.1) is 17.6 Å². The fourth-order valence-corrected chi connectivity index (χ4v) is 1.88. The molecule has 0 fully saturated rings. The quantitative estimate of drug-likeness (QED) is 0.651. The fourth-order valence-electron chi connectivity index (χ4n) is 1.88. The number of primary amides is 1. The first-order chi connectivity index (χ1) is 10.5. The monoisotopic (exact) mass is 302 g/mol. The molecule has 2 rings (SSSR count). The first-order valence-corrected chi connectivity index (χ1v) is 6.35. The summed E-state index contributed by atoms with van der Waals surface area (Å²) in [5.74, 6) is 0.129. The van der Waals surface area contributed by atoms with E-state index in [9.17, 15) is 14.9 Å². The number of nitro groups is 1. The normalized spacial score (nSPS) is 10.0. The highest BCUT2D eigenvalue weighted by Gasteiger charge is 2.12. The molecular weight excluding hydrogens is 288 g/mol. The second-order valence-corrected chi connectivity index (χ2v) is 4.44. The highest BCUT2D eigenvalue weighted by atomic mass is 16.6. The molecular formula is C15H14N2O5. The predicted molar refractivity (Wildman–Crippen MR) is 78.9 cm³/mol. The highest BCUT2D eigenvalue weighted by Crippen LogP contribution is 2.25. The number of ether oxygens (including phenoxy) is 2. The molecule has 0 radical (unpaired) electrons. The molecule has 22 heavy (non-hydrogen) atoms. The van der Waals surface area contributed by atoms with Gasteiger partial charge in [0.15, 0.2) is 0 Å². The van der Waals surface area contributed by atoms with Gasteiger partial charge in [-0.1, -0.05) is 12.1 Å². The Morgan fingerprint density at radius 2 is 2.05 bits per heavy atom. The maximum atomic E-state index is 11.4. The molecule has 0 aliphatic carbocycles. The number of hydrogen-bond donors (Lipinski definition) is 1. The Kier molecular flexibility index (Phi) is 4.57. The summed E-state index contributed by atoms with van der Waals surface area (Å²) in [6, 6.07) is 10.7. The largest absolute Gasteiger partial charge is 0.497 e. The van der Waals surface area contributed by atoms with E-state index in [4.69, 9.17) is 15.2 Å². The molecule has 7 heteroatoms. The summed E-state index contributed by atoms with van der Waals surface area (Å²) in [6.45, 7) is 0.0777. The summed E-state index contributed by atoms with van der Waals surface area (Å²) in [4.78, 5) is 21.7. The van der Waals surface area contributed by atoms with Crippen molar-refractivity contribution in [3.8, 4) is 11.5 Å². The molecule has 2 N–H and O–H groups in total. The van der Waals surface area contributed by atoms with Gasteiger partial charge in [-0.25, -0.2) is 0 Å². The lowest BCUT2D eigenvalue weighted by molar-refractivity contribution is -0.384. The van der Waals surface area contributed by atoms with E-state index in [1.54, 1.807) is 24.3 Å². The Bertz CT molecular complexity index is 715. The molecule has 0 aromatic heterocycles. The van der Waals surface area contributed by atoms with E-state index in [0.29, 0.717) is 17.1 Å². The van der Waals surface area contributed by atoms with Gasteiger partial charge in [-0.05, 0) is 23.8 Å². The minimum Gasteiger partial charge on any atom is -0.497 e. The summed E-state index contributed by atoms with van der Waals surface area (Å²) >= 11 is 0. The molecule has 1 amide bonds. The Balaban J connectivity index is 2.19. The van der Waals surface area contributed by atoms with Crippen molar-refractivity contribution in [1.82, 2.24) is 0 Å². The van der Waals surface area contributed by atoms with Crippen molar-refractivity contribution < 1.29 is 19.2 Å². The standard InChI is InChI=1S/C15H14N2O5/c1-21-12-5-6-14(13(8-12)15(16)18)22-9-10-3-2-4-11(7-10)17(19)20/h2-8H,9H2,1H3,(H2,16,18). The lowest BCUT2D eigenvalue weighted by Crippen LogP contribution is -2.13. The van der Waals surface area contributed by atoms with Crippen molar-refractivity contribution in [1.29, 1.82) is 0 Å². The molecule has 0 saturated carbocycles. The summed E-state index contributed by atoms with van der Waals surface area (Å²) in [5.41, 5.74) is 6.08. The van der Waals surface area contributed by atoms with E-state index in [0.717, 1.165) is 0 Å². The van der Waals surface area contributed by atoms with Gasteiger partial charge in [-0.2, -0.15) is 0 Å². The first-order valence-electron chi connectivity index (χ1n) is 6.35. The Hall–Kier alpha value is -3.09. The smallest absolute Gasteiger partial charge is 0.269 e. The lowest BCUT2D eigenvalue weighted by atomic mass is 10.1. The van der Waals surface area contributed by atoms with Gasteiger partial charge in [-0.15, -0.1) is 0 Å². The third-order valence-corrected chi connectivity index (χ3v) is 2.97. The zero-order valence-corrected chi connectivity index (χ0v) is 11.8. The highest BCUT2D eigenvalue weighted by molar-refractivity contribution is 5.96. The number of hydrogen-bond acceptors (Lipinski definition) is 5. The van der Waals surface area contributed by atoms with Crippen molar-refractivity contribution in [3.05, 3.63) is 63.7 Å². The number of rotatable bonds is 6. The van der Waals surface area contributed by atoms with Gasteiger partial charge in [0.25, 0.3) is 11.6 Å². The van der Waals surface area contributed by atoms with E-state index in [2.05, 4.69) is 0 Å². The minimum absolute atomic E-state index is 0.0223. The van der Waals surface area contributed by atoms with E-state index in [-0.39, 0.29) is 17.9 Å². The summed E-state index contributed by atoms with van der Waals surface area (Å²) < 4.78 is 10.6. The van der Waals surface area contributed by atoms with Crippen molar-refractivity contribution in [2.24, 2.45) is 5.73 Å². The van der Waals surface area contributed by atoms with Crippen molar-refractivity contribution in [3.63, 3.8) is 0 Å². The minimum atomic E-state index is -0.645. The van der Waals surface area contributed by atoms with Crippen molar-refractivity contribution >= 4 is 11.6 Å². The number of nitro benzene ring substituents is 1. The second-order valence-electron chi connectivity index (χ2n) is 4.44. The number of carbonyl (C=O) groups is 1. The second kappa shape index (κ2) is 6.57. The Morgan fingerprint density at radius 1 is 1.27 bits per heavy atom. The first kappa shape index (κ1) is 15.3. The van der Waals surface area contributed by atoms with Crippen LogP contribution in [0.1, 0.15) is 15.9 Å². The molecule has 0 saturated heterocycles. The molecule has 0 unspecified atom stereocenters. The molecule has 0 aliphatic rings. The van der Waals surface area contributed by atoms with Crippen LogP contribution in [0.4, 0.5) is 5.69 Å². The molecule has 0 aliphatic heterocycles. The number of amides is 1. The lowest BCUT2D eigenvalue weighted by Gasteiger charge is -2.11. The molecule has 0 bridgehead atoms. The van der Waals surface area contributed by atoms with E-state index in [1.807, 2.05) is 0 Å². The van der Waals surface area contributed by atoms with Crippen LogP contribution in [-0.2, 0) is 6.61 Å². The van der Waals surface area contributed by atoms with Crippen LogP contribution in [0.3, 0.4) is 0 Å². The number of nitrogens with zero attached hydrogens (tertiary/aromatic N) is 1. The number of non-ortho nitro benzene ring substituents is 1. The summed E-state index contributed by atoms with van der Waals surface area (Å²) in [7, 11) is 1.48. The molecule has 0 heterocycles. The average molecular weight is 302 g/mol. The van der Waals surface area contributed by atoms with E-state index >= 15 is 0 Å². The maximum absolute atomic E-state index is 11.4. The topological polar surface area (TPSA) is 105 Å². The SMILES string of the molecule is COc1ccc(OCc2cccc([N+](=O)[O-])c2)c(C(N)=O)c1. The molecule has 7 nitrogen and oxygen atoms in total. The molecule has 114 valence electrons. The van der Waals surface area contributed by atoms with Crippen LogP contribution in [-0.4, -0.2) is 17.9 Å². The van der Waals surface area contributed by atoms with Crippen molar-refractivity contribution in [2.75, 3.05) is 7.11 Å². The average Bonchev–Trinajstić information content (AvgIpc) is 2.52. The van der Waals surface area contributed by atoms with Crippen LogP contribution in [0.25, 0.3) is 0 Å². The van der Waals surface area contributed by atoms with Crippen LogP contribution in [0.2, 0.25) is 0 Å². The number of methoxy groups -OCH3 is 1. The van der Waals surface area contributed by atoms with Gasteiger partial charge in [0.2, 0.25) is 0 Å². The van der Waals surface area contributed by atoms with E-state index < -0.39 is 10.8 Å². The van der Waals surface area contributed by atoms with Crippen LogP contribution >= 0.6 is 0 Å². The van der Waals surface area contributed by atoms with Gasteiger partial charge in [0, 0.05) is 12.1 Å². The van der Waals surface area contributed by atoms with Gasteiger partial charge < -0.3 is 15.2 Å². The summed E-state index contributed by atoms with van der Waals surface area (Å²) in [5, 5.41) is 10.7. The number of nitrogens with two attached hydrogens (primary N) is 1. The zero-order chi connectivity index (χ0) is 16.1. The fraction of sp³-hybridized carbons (Fsp3) is 0.133. The molecule has 0 atom stereocenters. The third-order valence-electron chi connectivity index (χ3n) is 2.97. The Morgan fingerprint density at radius 3 is 2.68 bits per heavy atom.